The van der Waals surface area contributed by atoms with Crippen LogP contribution in [-0.2, 0) is 10.0 Å². The smallest absolute Gasteiger partial charge is 0.326 e. The molecule has 11 nitrogen and oxygen atoms in total. The number of primary sulfonamides is 1. The lowest BCUT2D eigenvalue weighted by Gasteiger charge is -2.11. The third-order valence-electron chi connectivity index (χ3n) is 5.23. The number of sulfonamides is 1. The van der Waals surface area contributed by atoms with E-state index in [9.17, 15) is 13.2 Å². The molecule has 0 atom stereocenters. The van der Waals surface area contributed by atoms with Crippen molar-refractivity contribution in [3.63, 3.8) is 0 Å². The van der Waals surface area contributed by atoms with E-state index in [0.29, 0.717) is 28.6 Å². The maximum Gasteiger partial charge on any atom is 0.326 e. The first-order valence-electron chi connectivity index (χ1n) is 10.7. The molecule has 4 rings (SSSR count). The number of carbonyl (C=O) groups is 1. The van der Waals surface area contributed by atoms with E-state index in [-0.39, 0.29) is 16.5 Å². The summed E-state index contributed by atoms with van der Waals surface area (Å²) < 4.78 is 35.9. The number of urea groups is 1. The average Bonchev–Trinajstić information content (AvgIpc) is 3.28. The highest BCUT2D eigenvalue weighted by Crippen LogP contribution is 2.31. The average molecular weight is 509 g/mol. The molecule has 36 heavy (non-hydrogen) atoms. The molecule has 1 heterocycles. The summed E-state index contributed by atoms with van der Waals surface area (Å²) in [6, 6.07) is 18.3. The lowest BCUT2D eigenvalue weighted by atomic mass is 10.2. The van der Waals surface area contributed by atoms with Gasteiger partial charge in [0.25, 0.3) is 5.95 Å². The van der Waals surface area contributed by atoms with E-state index in [2.05, 4.69) is 20.7 Å². The van der Waals surface area contributed by atoms with Gasteiger partial charge in [-0.1, -0.05) is 36.4 Å². The molecule has 1 aromatic heterocycles. The van der Waals surface area contributed by atoms with Crippen LogP contribution in [0.15, 0.2) is 71.6 Å². The van der Waals surface area contributed by atoms with E-state index in [1.54, 1.807) is 49.0 Å². The second-order valence-electron chi connectivity index (χ2n) is 7.68. The van der Waals surface area contributed by atoms with Gasteiger partial charge in [-0.3, -0.25) is 5.32 Å². The number of benzene rings is 3. The summed E-state index contributed by atoms with van der Waals surface area (Å²) in [6.45, 7) is 1.61. The molecule has 12 heteroatoms. The largest absolute Gasteiger partial charge is 0.493 e. The molecule has 0 aliphatic heterocycles. The van der Waals surface area contributed by atoms with Gasteiger partial charge in [0.05, 0.1) is 24.8 Å². The van der Waals surface area contributed by atoms with Gasteiger partial charge in [-0.25, -0.2) is 23.0 Å². The van der Waals surface area contributed by atoms with Crippen LogP contribution in [0.4, 0.5) is 16.4 Å². The van der Waals surface area contributed by atoms with Gasteiger partial charge in [0, 0.05) is 17.3 Å². The molecule has 0 unspecified atom stereocenters. The minimum absolute atomic E-state index is 0.0277. The fourth-order valence-electron chi connectivity index (χ4n) is 3.52. The Hall–Kier alpha value is -4.42. The van der Waals surface area contributed by atoms with Gasteiger partial charge in [-0.2, -0.15) is 4.98 Å². The first kappa shape index (κ1) is 24.7. The molecule has 0 bridgehead atoms. The Labute approximate surface area is 207 Å². The Balaban J connectivity index is 1.66. The van der Waals surface area contributed by atoms with Gasteiger partial charge < -0.3 is 14.8 Å². The molecule has 0 spiro atoms. The van der Waals surface area contributed by atoms with Gasteiger partial charge in [-0.05, 0) is 36.8 Å². The normalized spacial score (nSPS) is 11.1. The maximum atomic E-state index is 12.7. The Bertz CT molecular complexity index is 1520. The van der Waals surface area contributed by atoms with Crippen molar-refractivity contribution in [3.8, 4) is 28.6 Å². The molecule has 3 aromatic carbocycles. The second-order valence-corrected chi connectivity index (χ2v) is 9.21. The van der Waals surface area contributed by atoms with Crippen molar-refractivity contribution in [3.05, 3.63) is 72.3 Å². The molecule has 2 amide bonds. The third-order valence-corrected chi connectivity index (χ3v) is 6.28. The number of carbonyl (C=O) groups excluding carboxylic acids is 1. The van der Waals surface area contributed by atoms with Gasteiger partial charge in [-0.15, -0.1) is 5.10 Å². The van der Waals surface area contributed by atoms with Crippen molar-refractivity contribution >= 4 is 27.7 Å². The SMILES string of the molecule is COc1ccc(-n2nc(NC(=O)Nc3ccc(C)c(S(N)(=O)=O)c3)nc2-c2ccccc2)cc1OC. The monoisotopic (exact) mass is 508 g/mol. The molecule has 0 saturated carbocycles. The van der Waals surface area contributed by atoms with Crippen molar-refractivity contribution in [2.24, 2.45) is 5.14 Å². The fraction of sp³-hybridized carbons (Fsp3) is 0.125. The zero-order chi connectivity index (χ0) is 25.9. The Morgan fingerprint density at radius 2 is 1.67 bits per heavy atom. The van der Waals surface area contributed by atoms with E-state index in [0.717, 1.165) is 5.56 Å². The molecule has 4 aromatic rings. The van der Waals surface area contributed by atoms with Crippen molar-refractivity contribution in [2.45, 2.75) is 11.8 Å². The van der Waals surface area contributed by atoms with Crippen LogP contribution in [0.2, 0.25) is 0 Å². The number of rotatable bonds is 7. The van der Waals surface area contributed by atoms with Crippen LogP contribution in [-0.4, -0.2) is 43.4 Å². The summed E-state index contributed by atoms with van der Waals surface area (Å²) in [5.41, 5.74) is 2.10. The zero-order valence-corrected chi connectivity index (χ0v) is 20.5. The molecular weight excluding hydrogens is 484 g/mol. The molecule has 0 aliphatic carbocycles. The van der Waals surface area contributed by atoms with E-state index in [4.69, 9.17) is 14.6 Å². The number of aryl methyl sites for hydroxylation is 1. The minimum Gasteiger partial charge on any atom is -0.493 e. The highest BCUT2D eigenvalue weighted by molar-refractivity contribution is 7.89. The summed E-state index contributed by atoms with van der Waals surface area (Å²) in [4.78, 5) is 17.1. The number of nitrogens with two attached hydrogens (primary N) is 1. The highest BCUT2D eigenvalue weighted by atomic mass is 32.2. The van der Waals surface area contributed by atoms with Crippen LogP contribution < -0.4 is 25.2 Å². The highest BCUT2D eigenvalue weighted by Gasteiger charge is 2.18. The van der Waals surface area contributed by atoms with Gasteiger partial charge >= 0.3 is 6.03 Å². The predicted molar refractivity (Wildman–Crippen MR) is 135 cm³/mol. The Kier molecular flexibility index (Phi) is 6.90. The second kappa shape index (κ2) is 10.1. The zero-order valence-electron chi connectivity index (χ0n) is 19.7. The van der Waals surface area contributed by atoms with Crippen molar-refractivity contribution in [1.82, 2.24) is 14.8 Å². The topological polar surface area (TPSA) is 150 Å². The number of nitrogens with one attached hydrogen (secondary N) is 2. The molecular formula is C24H24N6O5S. The lowest BCUT2D eigenvalue weighted by Crippen LogP contribution is -2.21. The first-order chi connectivity index (χ1) is 17.2. The van der Waals surface area contributed by atoms with Gasteiger partial charge in [0.1, 0.15) is 0 Å². The number of hydrogen-bond acceptors (Lipinski definition) is 7. The van der Waals surface area contributed by atoms with Crippen LogP contribution in [0.3, 0.4) is 0 Å². The van der Waals surface area contributed by atoms with Crippen LogP contribution in [0, 0.1) is 6.92 Å². The quantitative estimate of drug-likeness (QED) is 0.345. The Morgan fingerprint density at radius 3 is 2.33 bits per heavy atom. The number of hydrogen-bond donors (Lipinski definition) is 3. The number of anilines is 2. The summed E-state index contributed by atoms with van der Waals surface area (Å²) >= 11 is 0. The predicted octanol–water partition coefficient (Wildman–Crippen LogP) is 3.55. The summed E-state index contributed by atoms with van der Waals surface area (Å²) in [7, 11) is -0.867. The third kappa shape index (κ3) is 5.29. The van der Waals surface area contributed by atoms with Crippen LogP contribution in [0.1, 0.15) is 5.56 Å². The summed E-state index contributed by atoms with van der Waals surface area (Å²) in [5.74, 6) is 1.56. The van der Waals surface area contributed by atoms with E-state index < -0.39 is 16.1 Å². The first-order valence-corrected chi connectivity index (χ1v) is 12.2. The molecule has 186 valence electrons. The summed E-state index contributed by atoms with van der Waals surface area (Å²) in [5, 5.41) is 14.9. The number of methoxy groups -OCH3 is 2. The van der Waals surface area contributed by atoms with Crippen LogP contribution in [0.5, 0.6) is 11.5 Å². The van der Waals surface area contributed by atoms with E-state index >= 15 is 0 Å². The van der Waals surface area contributed by atoms with Crippen molar-refractivity contribution < 1.29 is 22.7 Å². The fourth-order valence-corrected chi connectivity index (χ4v) is 4.33. The molecule has 0 fully saturated rings. The number of ether oxygens (including phenoxy) is 2. The number of nitrogens with zero attached hydrogens (tertiary/aromatic N) is 3. The van der Waals surface area contributed by atoms with E-state index in [1.807, 2.05) is 30.3 Å². The Morgan fingerprint density at radius 1 is 0.944 bits per heavy atom. The molecule has 0 aliphatic rings. The van der Waals surface area contributed by atoms with Crippen molar-refractivity contribution in [1.29, 1.82) is 0 Å². The molecule has 0 saturated heterocycles. The van der Waals surface area contributed by atoms with E-state index in [1.165, 1.54) is 13.2 Å². The standard InChI is InChI=1S/C24H24N6O5S/c1-15-9-10-17(13-21(15)36(25,32)33)26-24(31)28-23-27-22(16-7-5-4-6-8-16)30(29-23)18-11-12-19(34-2)20(14-18)35-3/h4-14H,1-3H3,(H2,25,32,33)(H2,26,28,29,31). The lowest BCUT2D eigenvalue weighted by molar-refractivity contribution is 0.262. The number of amides is 2. The molecule has 4 N–H and O–H groups in total. The summed E-state index contributed by atoms with van der Waals surface area (Å²) in [6.07, 6.45) is 0. The van der Waals surface area contributed by atoms with Crippen LogP contribution >= 0.6 is 0 Å². The maximum absolute atomic E-state index is 12.7. The molecule has 0 radical (unpaired) electrons. The van der Waals surface area contributed by atoms with Crippen LogP contribution in [0.25, 0.3) is 17.1 Å². The van der Waals surface area contributed by atoms with Gasteiger partial charge in [0.15, 0.2) is 17.3 Å². The van der Waals surface area contributed by atoms with Gasteiger partial charge in [0.2, 0.25) is 10.0 Å². The number of aromatic nitrogens is 3. The van der Waals surface area contributed by atoms with Crippen molar-refractivity contribution in [2.75, 3.05) is 24.9 Å². The minimum atomic E-state index is -3.94.